The van der Waals surface area contributed by atoms with Gasteiger partial charge in [0.25, 0.3) is 5.91 Å². The van der Waals surface area contributed by atoms with Crippen molar-refractivity contribution in [2.24, 2.45) is 0 Å². The van der Waals surface area contributed by atoms with Crippen molar-refractivity contribution in [3.05, 3.63) is 34.3 Å². The quantitative estimate of drug-likeness (QED) is 0.912. The van der Waals surface area contributed by atoms with Crippen LogP contribution in [0.25, 0.3) is 0 Å². The lowest BCUT2D eigenvalue weighted by Gasteiger charge is -2.37. The molecule has 0 aliphatic carbocycles. The van der Waals surface area contributed by atoms with Crippen molar-refractivity contribution in [2.75, 3.05) is 6.54 Å². The first-order valence-electron chi connectivity index (χ1n) is 6.35. The topological polar surface area (TPSA) is 40.5 Å². The Hall–Kier alpha value is -0.870. The maximum Gasteiger partial charge on any atom is 0.255 e. The van der Waals surface area contributed by atoms with E-state index in [-0.39, 0.29) is 11.9 Å². The summed E-state index contributed by atoms with van der Waals surface area (Å²) in [6.07, 6.45) is 2.50. The molecule has 1 fully saturated rings. The molecule has 0 spiro atoms. The predicted octanol–water partition coefficient (Wildman–Crippen LogP) is 2.82. The van der Waals surface area contributed by atoms with E-state index in [1.54, 1.807) is 6.92 Å². The highest BCUT2D eigenvalue weighted by Gasteiger charge is 2.31. The van der Waals surface area contributed by atoms with Crippen LogP contribution in [0.4, 0.5) is 0 Å². The van der Waals surface area contributed by atoms with Crippen molar-refractivity contribution < 1.29 is 9.90 Å². The van der Waals surface area contributed by atoms with Crippen LogP contribution in [0.15, 0.2) is 28.7 Å². The zero-order chi connectivity index (χ0) is 13.1. The molecule has 3 nitrogen and oxygen atoms in total. The third-order valence-electron chi connectivity index (χ3n) is 3.47. The summed E-state index contributed by atoms with van der Waals surface area (Å²) in [5.41, 5.74) is 0.671. The van der Waals surface area contributed by atoms with E-state index in [1.165, 1.54) is 0 Å². The third-order valence-corrected chi connectivity index (χ3v) is 4.16. The highest BCUT2D eigenvalue weighted by molar-refractivity contribution is 9.10. The van der Waals surface area contributed by atoms with Gasteiger partial charge in [0.1, 0.15) is 0 Å². The summed E-state index contributed by atoms with van der Waals surface area (Å²) in [5, 5.41) is 9.81. The zero-order valence-corrected chi connectivity index (χ0v) is 12.1. The van der Waals surface area contributed by atoms with Gasteiger partial charge in [-0.05, 0) is 54.2 Å². The second kappa shape index (κ2) is 5.85. The average molecular weight is 312 g/mol. The van der Waals surface area contributed by atoms with Gasteiger partial charge in [-0.15, -0.1) is 0 Å². The molecule has 0 unspecified atom stereocenters. The third kappa shape index (κ3) is 2.75. The maximum absolute atomic E-state index is 12.5. The molecule has 1 aromatic carbocycles. The standard InChI is InChI=1S/C14H18BrNO2/c1-10(17)13-8-4-5-9-16(13)14(18)11-6-2-3-7-12(11)15/h2-3,6-7,10,13,17H,4-5,8-9H2,1H3/t10-,13+/m0/s1. The molecule has 2 atom stereocenters. The number of halogens is 1. The Balaban J connectivity index is 2.24. The number of aliphatic hydroxyl groups excluding tert-OH is 1. The van der Waals surface area contributed by atoms with Gasteiger partial charge in [0.15, 0.2) is 0 Å². The fraction of sp³-hybridized carbons (Fsp3) is 0.500. The number of hydrogen-bond donors (Lipinski definition) is 1. The molecule has 2 rings (SSSR count). The molecule has 1 aliphatic heterocycles. The second-order valence-corrected chi connectivity index (χ2v) is 5.64. The minimum absolute atomic E-state index is 0.00748. The predicted molar refractivity (Wildman–Crippen MR) is 74.5 cm³/mol. The van der Waals surface area contributed by atoms with Crippen LogP contribution in [0.5, 0.6) is 0 Å². The summed E-state index contributed by atoms with van der Waals surface area (Å²) >= 11 is 3.41. The number of piperidine rings is 1. The van der Waals surface area contributed by atoms with Gasteiger partial charge >= 0.3 is 0 Å². The zero-order valence-electron chi connectivity index (χ0n) is 10.5. The number of hydrogen-bond acceptors (Lipinski definition) is 2. The minimum atomic E-state index is -0.475. The van der Waals surface area contributed by atoms with Crippen molar-refractivity contribution in [3.8, 4) is 0 Å². The molecule has 98 valence electrons. The molecule has 4 heteroatoms. The van der Waals surface area contributed by atoms with Crippen molar-refractivity contribution in [1.82, 2.24) is 4.90 Å². The van der Waals surface area contributed by atoms with Gasteiger partial charge in [0.05, 0.1) is 17.7 Å². The van der Waals surface area contributed by atoms with E-state index in [2.05, 4.69) is 15.9 Å². The number of amides is 1. The van der Waals surface area contributed by atoms with E-state index in [0.29, 0.717) is 5.56 Å². The van der Waals surface area contributed by atoms with Crippen LogP contribution < -0.4 is 0 Å². The molecule has 1 aliphatic rings. The Morgan fingerprint density at radius 3 is 2.83 bits per heavy atom. The number of aliphatic hydroxyl groups is 1. The highest BCUT2D eigenvalue weighted by atomic mass is 79.9. The Morgan fingerprint density at radius 2 is 2.17 bits per heavy atom. The van der Waals surface area contributed by atoms with Crippen LogP contribution in [0.3, 0.4) is 0 Å². The maximum atomic E-state index is 12.5. The molecule has 18 heavy (non-hydrogen) atoms. The first kappa shape index (κ1) is 13.6. The summed E-state index contributed by atoms with van der Waals surface area (Å²) in [7, 11) is 0. The van der Waals surface area contributed by atoms with E-state index < -0.39 is 6.10 Å². The molecular weight excluding hydrogens is 294 g/mol. The fourth-order valence-corrected chi connectivity index (χ4v) is 2.95. The molecule has 1 N–H and O–H groups in total. The number of rotatable bonds is 2. The Morgan fingerprint density at radius 1 is 1.44 bits per heavy atom. The largest absolute Gasteiger partial charge is 0.391 e. The van der Waals surface area contributed by atoms with Gasteiger partial charge in [-0.3, -0.25) is 4.79 Å². The fourth-order valence-electron chi connectivity index (χ4n) is 2.50. The molecule has 0 bridgehead atoms. The normalized spacial score (nSPS) is 21.7. The summed E-state index contributed by atoms with van der Waals surface area (Å²) in [6, 6.07) is 7.38. The molecular formula is C14H18BrNO2. The smallest absolute Gasteiger partial charge is 0.255 e. The van der Waals surface area contributed by atoms with Crippen molar-refractivity contribution in [2.45, 2.75) is 38.3 Å². The van der Waals surface area contributed by atoms with Gasteiger partial charge in [0.2, 0.25) is 0 Å². The van der Waals surface area contributed by atoms with Crippen LogP contribution in [-0.4, -0.2) is 34.6 Å². The molecule has 0 saturated carbocycles. The monoisotopic (exact) mass is 311 g/mol. The molecule has 0 radical (unpaired) electrons. The molecule has 1 saturated heterocycles. The number of benzene rings is 1. The van der Waals surface area contributed by atoms with Gasteiger partial charge in [-0.2, -0.15) is 0 Å². The van der Waals surface area contributed by atoms with Crippen LogP contribution in [0.2, 0.25) is 0 Å². The average Bonchev–Trinajstić information content (AvgIpc) is 2.38. The SMILES string of the molecule is C[C@H](O)[C@H]1CCCCN1C(=O)c1ccccc1Br. The second-order valence-electron chi connectivity index (χ2n) is 4.78. The lowest BCUT2D eigenvalue weighted by molar-refractivity contribution is 0.0280. The van der Waals surface area contributed by atoms with E-state index in [0.717, 1.165) is 30.3 Å². The first-order valence-corrected chi connectivity index (χ1v) is 7.14. The van der Waals surface area contributed by atoms with Gasteiger partial charge in [-0.1, -0.05) is 12.1 Å². The van der Waals surface area contributed by atoms with Crippen molar-refractivity contribution in [1.29, 1.82) is 0 Å². The highest BCUT2D eigenvalue weighted by Crippen LogP contribution is 2.25. The molecule has 1 amide bonds. The van der Waals surface area contributed by atoms with Gasteiger partial charge in [-0.25, -0.2) is 0 Å². The number of nitrogens with zero attached hydrogens (tertiary/aromatic N) is 1. The summed E-state index contributed by atoms with van der Waals surface area (Å²) in [6.45, 7) is 2.49. The summed E-state index contributed by atoms with van der Waals surface area (Å²) < 4.78 is 0.810. The van der Waals surface area contributed by atoms with Crippen LogP contribution >= 0.6 is 15.9 Å². The van der Waals surface area contributed by atoms with Crippen LogP contribution in [0.1, 0.15) is 36.5 Å². The van der Waals surface area contributed by atoms with Crippen LogP contribution in [-0.2, 0) is 0 Å². The van der Waals surface area contributed by atoms with Gasteiger partial charge < -0.3 is 10.0 Å². The van der Waals surface area contributed by atoms with Crippen molar-refractivity contribution in [3.63, 3.8) is 0 Å². The lowest BCUT2D eigenvalue weighted by Crippen LogP contribution is -2.49. The summed E-state index contributed by atoms with van der Waals surface area (Å²) in [5.74, 6) is 0.00748. The molecule has 0 aromatic heterocycles. The molecule has 1 heterocycles. The minimum Gasteiger partial charge on any atom is -0.391 e. The molecule has 1 aromatic rings. The Labute approximate surface area is 116 Å². The van der Waals surface area contributed by atoms with Crippen molar-refractivity contribution >= 4 is 21.8 Å². The van der Waals surface area contributed by atoms with E-state index >= 15 is 0 Å². The lowest BCUT2D eigenvalue weighted by atomic mass is 9.97. The number of carbonyl (C=O) groups is 1. The van der Waals surface area contributed by atoms with E-state index in [1.807, 2.05) is 29.2 Å². The van der Waals surface area contributed by atoms with E-state index in [9.17, 15) is 9.90 Å². The van der Waals surface area contributed by atoms with E-state index in [4.69, 9.17) is 0 Å². The first-order chi connectivity index (χ1) is 8.61. The number of likely N-dealkylation sites (tertiary alicyclic amines) is 1. The van der Waals surface area contributed by atoms with Crippen LogP contribution in [0, 0.1) is 0 Å². The Kier molecular flexibility index (Phi) is 4.40. The Bertz CT molecular complexity index is 434. The summed E-state index contributed by atoms with van der Waals surface area (Å²) in [4.78, 5) is 14.3. The number of carbonyl (C=O) groups excluding carboxylic acids is 1. The van der Waals surface area contributed by atoms with Gasteiger partial charge in [0, 0.05) is 11.0 Å².